The first-order chi connectivity index (χ1) is 32.9. The lowest BCUT2D eigenvalue weighted by atomic mass is 10.0. The third kappa shape index (κ3) is 49.0. The van der Waals surface area contributed by atoms with Crippen molar-refractivity contribution < 1.29 is 37.3 Å². The van der Waals surface area contributed by atoms with E-state index in [0.29, 0.717) is 17.4 Å². The smallest absolute Gasteiger partial charge is 0.306 e. The zero-order valence-corrected chi connectivity index (χ0v) is 46.2. The summed E-state index contributed by atoms with van der Waals surface area (Å²) in [6.45, 7) is 6.73. The van der Waals surface area contributed by atoms with Crippen molar-refractivity contribution in [3.8, 4) is 0 Å². The lowest BCUT2D eigenvalue weighted by Gasteiger charge is -2.30. The molecule has 1 amide bonds. The lowest BCUT2D eigenvalue weighted by Crippen LogP contribution is -2.47. The largest absolute Gasteiger partial charge is 0.756 e. The minimum Gasteiger partial charge on any atom is -0.756 e. The van der Waals surface area contributed by atoms with Gasteiger partial charge in [-0.05, 0) is 63.9 Å². The quantitative estimate of drug-likeness (QED) is 0.0212. The van der Waals surface area contributed by atoms with Crippen LogP contribution in [-0.2, 0) is 27.9 Å². The molecule has 1 N–H and O–H groups in total. The standard InChI is InChI=1S/C58H109N2O7P/c1-7-10-13-16-19-22-25-28-29-30-33-35-38-41-44-47-50-57(61)59-55(54-66-68(63,64)65-53-52-60(4,5)6)56(49-46-43-40-37-34-31-26-23-20-17-14-11-8-2)67-58(62)51-48-45-42-39-36-32-27-24-21-18-15-12-9-3/h10,13,19,22,28-29,46,49,55-56H,7-9,11-12,14-18,20-21,23-27,30-45,47-48,50-54H2,1-6H3,(H-,59,61,63,64)/b13-10+,22-19+,29-28+,49-46+. The summed E-state index contributed by atoms with van der Waals surface area (Å²) in [4.78, 5) is 39.8. The maximum Gasteiger partial charge on any atom is 0.306 e. The van der Waals surface area contributed by atoms with Crippen LogP contribution >= 0.6 is 7.82 Å². The molecule has 0 aliphatic heterocycles. The number of nitrogens with one attached hydrogen (secondary N) is 1. The number of allylic oxidation sites excluding steroid dienone is 7. The van der Waals surface area contributed by atoms with Gasteiger partial charge in [-0.15, -0.1) is 0 Å². The van der Waals surface area contributed by atoms with Crippen molar-refractivity contribution in [2.75, 3.05) is 40.9 Å². The molecule has 3 unspecified atom stereocenters. The predicted octanol–water partition coefficient (Wildman–Crippen LogP) is 16.3. The van der Waals surface area contributed by atoms with Crippen molar-refractivity contribution in [2.24, 2.45) is 0 Å². The van der Waals surface area contributed by atoms with E-state index < -0.39 is 26.6 Å². The minimum atomic E-state index is -4.69. The number of rotatable bonds is 51. The second kappa shape index (κ2) is 48.6. The zero-order chi connectivity index (χ0) is 50.1. The van der Waals surface area contributed by atoms with Gasteiger partial charge < -0.3 is 28.5 Å². The molecule has 0 aliphatic rings. The zero-order valence-electron chi connectivity index (χ0n) is 45.3. The van der Waals surface area contributed by atoms with Crippen molar-refractivity contribution >= 4 is 19.7 Å². The summed E-state index contributed by atoms with van der Waals surface area (Å²) in [7, 11) is 1.18. The number of hydrogen-bond donors (Lipinski definition) is 1. The average Bonchev–Trinajstić information content (AvgIpc) is 3.29. The maximum atomic E-state index is 13.5. The maximum absolute atomic E-state index is 13.5. The molecule has 0 spiro atoms. The third-order valence-corrected chi connectivity index (χ3v) is 13.5. The van der Waals surface area contributed by atoms with Crippen LogP contribution in [0.4, 0.5) is 0 Å². The third-order valence-electron chi connectivity index (χ3n) is 12.5. The Hall–Kier alpha value is -2.03. The van der Waals surface area contributed by atoms with Crippen molar-refractivity contribution in [1.82, 2.24) is 5.32 Å². The van der Waals surface area contributed by atoms with Gasteiger partial charge in [-0.25, -0.2) is 0 Å². The van der Waals surface area contributed by atoms with Gasteiger partial charge in [0.15, 0.2) is 0 Å². The van der Waals surface area contributed by atoms with E-state index in [1.165, 1.54) is 122 Å². The Morgan fingerprint density at radius 2 is 0.941 bits per heavy atom. The number of quaternary nitrogens is 1. The highest BCUT2D eigenvalue weighted by molar-refractivity contribution is 7.45. The number of nitrogens with zero attached hydrogens (tertiary/aromatic N) is 1. The van der Waals surface area contributed by atoms with Crippen molar-refractivity contribution in [2.45, 2.75) is 270 Å². The summed E-state index contributed by atoms with van der Waals surface area (Å²) in [5.41, 5.74) is 0. The Morgan fingerprint density at radius 1 is 0.529 bits per heavy atom. The molecule has 0 heterocycles. The molecule has 0 saturated heterocycles. The van der Waals surface area contributed by atoms with E-state index in [-0.39, 0.29) is 24.9 Å². The fourth-order valence-corrected chi connectivity index (χ4v) is 8.85. The number of amides is 1. The van der Waals surface area contributed by atoms with Gasteiger partial charge in [0.1, 0.15) is 19.3 Å². The predicted molar refractivity (Wildman–Crippen MR) is 289 cm³/mol. The molecule has 0 bridgehead atoms. The molecule has 3 atom stereocenters. The van der Waals surface area contributed by atoms with Crippen LogP contribution in [-0.4, -0.2) is 69.4 Å². The fraction of sp³-hybridized carbons (Fsp3) is 0.828. The summed E-state index contributed by atoms with van der Waals surface area (Å²) in [6.07, 6.45) is 57.8. The number of carbonyl (C=O) groups excluding carboxylic acids is 2. The molecule has 68 heavy (non-hydrogen) atoms. The minimum absolute atomic E-state index is 0.0244. The van der Waals surface area contributed by atoms with Crippen LogP contribution in [0, 0.1) is 0 Å². The molecule has 10 heteroatoms. The molecule has 0 saturated carbocycles. The van der Waals surface area contributed by atoms with Crippen LogP contribution in [0.3, 0.4) is 0 Å². The molecule has 9 nitrogen and oxygen atoms in total. The second-order valence-electron chi connectivity index (χ2n) is 20.4. The molecule has 0 aromatic rings. The van der Waals surface area contributed by atoms with E-state index in [0.717, 1.165) is 103 Å². The summed E-state index contributed by atoms with van der Waals surface area (Å²) in [5, 5.41) is 3.02. The van der Waals surface area contributed by atoms with Crippen LogP contribution in [0.2, 0.25) is 0 Å². The van der Waals surface area contributed by atoms with Gasteiger partial charge in [0, 0.05) is 12.8 Å². The number of phosphoric acid groups is 1. The van der Waals surface area contributed by atoms with Gasteiger partial charge in [-0.2, -0.15) is 0 Å². The summed E-state index contributed by atoms with van der Waals surface area (Å²) in [6, 6.07) is -0.891. The first-order valence-corrected chi connectivity index (χ1v) is 29.9. The monoisotopic (exact) mass is 977 g/mol. The highest BCUT2D eigenvalue weighted by Gasteiger charge is 2.27. The highest BCUT2D eigenvalue weighted by Crippen LogP contribution is 2.38. The number of esters is 1. The summed E-state index contributed by atoms with van der Waals surface area (Å²) >= 11 is 0. The first-order valence-electron chi connectivity index (χ1n) is 28.4. The Morgan fingerprint density at radius 3 is 1.41 bits per heavy atom. The van der Waals surface area contributed by atoms with Gasteiger partial charge in [-0.3, -0.25) is 14.2 Å². The number of carbonyl (C=O) groups is 2. The van der Waals surface area contributed by atoms with Crippen LogP contribution in [0.1, 0.15) is 258 Å². The Balaban J connectivity index is 5.39. The van der Waals surface area contributed by atoms with E-state index >= 15 is 0 Å². The number of ether oxygens (including phenoxy) is 1. The van der Waals surface area contributed by atoms with E-state index in [1.807, 2.05) is 33.3 Å². The second-order valence-corrected chi connectivity index (χ2v) is 21.8. The van der Waals surface area contributed by atoms with E-state index in [2.05, 4.69) is 62.5 Å². The van der Waals surface area contributed by atoms with Gasteiger partial charge >= 0.3 is 5.97 Å². The molecule has 398 valence electrons. The van der Waals surface area contributed by atoms with E-state index in [4.69, 9.17) is 13.8 Å². The number of phosphoric ester groups is 1. The van der Waals surface area contributed by atoms with Crippen molar-refractivity contribution in [1.29, 1.82) is 0 Å². The van der Waals surface area contributed by atoms with Crippen LogP contribution in [0.25, 0.3) is 0 Å². The first kappa shape index (κ1) is 66.0. The molecule has 0 radical (unpaired) electrons. The number of hydrogen-bond acceptors (Lipinski definition) is 7. The van der Waals surface area contributed by atoms with Gasteiger partial charge in [0.2, 0.25) is 5.91 Å². The molecule has 0 aromatic heterocycles. The molecular weight excluding hydrogens is 868 g/mol. The van der Waals surface area contributed by atoms with E-state index in [9.17, 15) is 19.0 Å². The number of likely N-dealkylation sites (N-methyl/N-ethyl adjacent to an activating group) is 1. The topological polar surface area (TPSA) is 114 Å². The van der Waals surface area contributed by atoms with Crippen LogP contribution < -0.4 is 10.2 Å². The van der Waals surface area contributed by atoms with Gasteiger partial charge in [0.05, 0.1) is 33.8 Å². The normalized spacial score (nSPS) is 14.2. The lowest BCUT2D eigenvalue weighted by molar-refractivity contribution is -0.870. The SMILES string of the molecule is CC/C=C/C/C=C/C/C=C/CCCCCCCCC(=O)NC(COP(=O)([O-])OCC[N+](C)(C)C)C(/C=C/CCCCCCCCCCCCC)OC(=O)CCCCCCCCCCCCCCC. The van der Waals surface area contributed by atoms with E-state index in [1.54, 1.807) is 0 Å². The van der Waals surface area contributed by atoms with Crippen LogP contribution in [0.15, 0.2) is 48.6 Å². The number of unbranched alkanes of at least 4 members (excludes halogenated alkanes) is 29. The molecule has 0 rings (SSSR count). The Bertz CT molecular complexity index is 1310. The van der Waals surface area contributed by atoms with Gasteiger partial charge in [0.25, 0.3) is 7.82 Å². The molecule has 0 aliphatic carbocycles. The molecule has 0 aromatic carbocycles. The summed E-state index contributed by atoms with van der Waals surface area (Å²) < 4.78 is 30.2. The highest BCUT2D eigenvalue weighted by atomic mass is 31.2. The fourth-order valence-electron chi connectivity index (χ4n) is 8.12. The van der Waals surface area contributed by atoms with Crippen molar-refractivity contribution in [3.05, 3.63) is 48.6 Å². The Labute approximate surface area is 420 Å². The van der Waals surface area contributed by atoms with Crippen molar-refractivity contribution in [3.63, 3.8) is 0 Å². The van der Waals surface area contributed by atoms with Crippen LogP contribution in [0.5, 0.6) is 0 Å². The average molecular weight is 977 g/mol. The molecular formula is C58H109N2O7P. The molecule has 0 fully saturated rings. The Kier molecular flexibility index (Phi) is 47.1. The summed E-state index contributed by atoms with van der Waals surface area (Å²) in [5.74, 6) is -0.550. The van der Waals surface area contributed by atoms with Gasteiger partial charge in [-0.1, -0.05) is 230 Å².